The highest BCUT2D eigenvalue weighted by molar-refractivity contribution is 6.04. The first-order valence-corrected chi connectivity index (χ1v) is 9.16. The van der Waals surface area contributed by atoms with Crippen molar-refractivity contribution in [3.8, 4) is 0 Å². The van der Waals surface area contributed by atoms with Gasteiger partial charge in [0.2, 0.25) is 0 Å². The van der Waals surface area contributed by atoms with E-state index in [1.807, 2.05) is 29.9 Å². The van der Waals surface area contributed by atoms with E-state index in [2.05, 4.69) is 15.3 Å². The minimum Gasteiger partial charge on any atom is -0.465 e. The van der Waals surface area contributed by atoms with Gasteiger partial charge in [0.1, 0.15) is 0 Å². The normalized spacial score (nSPS) is 25.4. The van der Waals surface area contributed by atoms with Crippen molar-refractivity contribution in [2.45, 2.75) is 25.3 Å². The Morgan fingerprint density at radius 3 is 2.84 bits per heavy atom. The van der Waals surface area contributed by atoms with Crippen LogP contribution in [0.1, 0.15) is 28.9 Å². The molecule has 3 aliphatic rings. The first-order valence-electron chi connectivity index (χ1n) is 9.16. The number of piperidine rings is 3. The van der Waals surface area contributed by atoms with Crippen molar-refractivity contribution in [2.24, 2.45) is 13.0 Å². The maximum absolute atomic E-state index is 12.1. The summed E-state index contributed by atoms with van der Waals surface area (Å²) < 4.78 is 6.80. The summed E-state index contributed by atoms with van der Waals surface area (Å²) in [4.78, 5) is 14.7. The molecule has 25 heavy (non-hydrogen) atoms. The average molecular weight is 342 g/mol. The Balaban J connectivity index is 1.50. The summed E-state index contributed by atoms with van der Waals surface area (Å²) in [6.07, 6.45) is 3.45. The second-order valence-corrected chi connectivity index (χ2v) is 7.21. The van der Waals surface area contributed by atoms with E-state index in [0.717, 1.165) is 35.5 Å². The van der Waals surface area contributed by atoms with Crippen molar-refractivity contribution < 1.29 is 9.53 Å². The lowest BCUT2D eigenvalue weighted by molar-refractivity contribution is 0.0603. The smallest absolute Gasteiger partial charge is 0.338 e. The molecule has 0 radical (unpaired) electrons. The number of hydrogen-bond acceptors (Lipinski definition) is 5. The molecule has 3 fully saturated rings. The van der Waals surface area contributed by atoms with Crippen molar-refractivity contribution in [1.82, 2.24) is 20.0 Å². The van der Waals surface area contributed by atoms with Crippen LogP contribution in [0.25, 0.3) is 10.9 Å². The zero-order chi connectivity index (χ0) is 17.4. The highest BCUT2D eigenvalue weighted by Gasteiger charge is 2.33. The van der Waals surface area contributed by atoms with E-state index in [1.54, 1.807) is 0 Å². The average Bonchev–Trinajstić information content (AvgIpc) is 2.98. The number of carbonyl (C=O) groups excluding carboxylic acids is 1. The van der Waals surface area contributed by atoms with Crippen LogP contribution in [-0.2, 0) is 18.2 Å². The minimum atomic E-state index is -0.301. The van der Waals surface area contributed by atoms with Gasteiger partial charge in [-0.1, -0.05) is 6.07 Å². The zero-order valence-corrected chi connectivity index (χ0v) is 15.0. The molecule has 134 valence electrons. The van der Waals surface area contributed by atoms with Crippen LogP contribution in [0.15, 0.2) is 18.2 Å². The fourth-order valence-corrected chi connectivity index (χ4v) is 4.43. The van der Waals surface area contributed by atoms with Crippen molar-refractivity contribution in [3.63, 3.8) is 0 Å². The van der Waals surface area contributed by atoms with E-state index in [4.69, 9.17) is 4.74 Å². The van der Waals surface area contributed by atoms with Gasteiger partial charge in [-0.15, -0.1) is 0 Å². The van der Waals surface area contributed by atoms with Crippen molar-refractivity contribution in [2.75, 3.05) is 33.3 Å². The van der Waals surface area contributed by atoms with Crippen molar-refractivity contribution >= 4 is 16.9 Å². The standard InChI is InChI=1S/C19H26N4O2/c1-22-17-5-3-4-14(19(24)25-2)18(17)15(21-22)6-9-20-16-12-23-10-7-13(16)8-11-23/h3-5,13,16,20H,6-12H2,1-2H3/t16-/m1/s1. The number of ether oxygens (including phenoxy) is 1. The fraction of sp³-hybridized carbons (Fsp3) is 0.579. The van der Waals surface area contributed by atoms with Gasteiger partial charge in [-0.3, -0.25) is 4.68 Å². The monoisotopic (exact) mass is 342 g/mol. The quantitative estimate of drug-likeness (QED) is 0.836. The number of fused-ring (bicyclic) bond motifs is 4. The summed E-state index contributed by atoms with van der Waals surface area (Å²) in [5, 5.41) is 9.31. The molecule has 1 aromatic heterocycles. The van der Waals surface area contributed by atoms with Gasteiger partial charge in [0.15, 0.2) is 0 Å². The van der Waals surface area contributed by atoms with Gasteiger partial charge < -0.3 is 15.0 Å². The summed E-state index contributed by atoms with van der Waals surface area (Å²) in [5.41, 5.74) is 2.54. The van der Waals surface area contributed by atoms with Crippen LogP contribution in [-0.4, -0.2) is 60.0 Å². The van der Waals surface area contributed by atoms with E-state index < -0.39 is 0 Å². The molecule has 1 atom stereocenters. The third kappa shape index (κ3) is 3.04. The van der Waals surface area contributed by atoms with Gasteiger partial charge >= 0.3 is 5.97 Å². The summed E-state index contributed by atoms with van der Waals surface area (Å²) in [7, 11) is 3.35. The Labute approximate surface area is 148 Å². The van der Waals surface area contributed by atoms with Gasteiger partial charge in [-0.05, 0) is 44.0 Å². The van der Waals surface area contributed by atoms with Crippen LogP contribution in [0.2, 0.25) is 0 Å². The third-order valence-electron chi connectivity index (χ3n) is 5.78. The van der Waals surface area contributed by atoms with Crippen LogP contribution in [0.5, 0.6) is 0 Å². The maximum atomic E-state index is 12.1. The van der Waals surface area contributed by atoms with Gasteiger partial charge in [0.25, 0.3) is 0 Å². The number of benzene rings is 1. The molecule has 4 heterocycles. The summed E-state index contributed by atoms with van der Waals surface area (Å²) in [5.74, 6) is 0.515. The zero-order valence-electron chi connectivity index (χ0n) is 15.0. The summed E-state index contributed by atoms with van der Waals surface area (Å²) in [6.45, 7) is 4.57. The molecule has 6 heteroatoms. The Hall–Kier alpha value is -1.92. The number of nitrogens with zero attached hydrogens (tertiary/aromatic N) is 3. The molecule has 1 aromatic carbocycles. The SMILES string of the molecule is COC(=O)c1cccc2c1c(CCN[C@@H]1CN3CCC1CC3)nn2C. The highest BCUT2D eigenvalue weighted by Crippen LogP contribution is 2.28. The molecule has 3 saturated heterocycles. The number of hydrogen-bond donors (Lipinski definition) is 1. The molecule has 0 unspecified atom stereocenters. The molecule has 2 aromatic rings. The molecule has 1 N–H and O–H groups in total. The number of carbonyl (C=O) groups is 1. The number of aryl methyl sites for hydroxylation is 1. The topological polar surface area (TPSA) is 59.4 Å². The van der Waals surface area contributed by atoms with E-state index in [0.29, 0.717) is 11.6 Å². The Bertz CT molecular complexity index is 777. The van der Waals surface area contributed by atoms with Crippen LogP contribution in [0.4, 0.5) is 0 Å². The van der Waals surface area contributed by atoms with E-state index in [-0.39, 0.29) is 5.97 Å². The van der Waals surface area contributed by atoms with Crippen LogP contribution >= 0.6 is 0 Å². The molecular formula is C19H26N4O2. The lowest BCUT2D eigenvalue weighted by atomic mass is 9.84. The summed E-state index contributed by atoms with van der Waals surface area (Å²) >= 11 is 0. The number of methoxy groups -OCH3 is 1. The molecule has 5 rings (SSSR count). The highest BCUT2D eigenvalue weighted by atomic mass is 16.5. The lowest BCUT2D eigenvalue weighted by Crippen LogP contribution is -2.56. The predicted molar refractivity (Wildman–Crippen MR) is 96.7 cm³/mol. The molecular weight excluding hydrogens is 316 g/mol. The number of aromatic nitrogens is 2. The van der Waals surface area contributed by atoms with E-state index in [9.17, 15) is 4.79 Å². The first kappa shape index (κ1) is 16.5. The van der Waals surface area contributed by atoms with Gasteiger partial charge in [0, 0.05) is 38.0 Å². The fourth-order valence-electron chi connectivity index (χ4n) is 4.43. The number of rotatable bonds is 5. The largest absolute Gasteiger partial charge is 0.465 e. The number of nitrogens with one attached hydrogen (secondary N) is 1. The number of esters is 1. The molecule has 6 nitrogen and oxygen atoms in total. The summed E-state index contributed by atoms with van der Waals surface area (Å²) in [6, 6.07) is 6.29. The molecule has 2 bridgehead atoms. The first-order chi connectivity index (χ1) is 12.2. The van der Waals surface area contributed by atoms with Crippen LogP contribution in [0.3, 0.4) is 0 Å². The van der Waals surface area contributed by atoms with Crippen LogP contribution < -0.4 is 5.32 Å². The molecule has 3 aliphatic heterocycles. The van der Waals surface area contributed by atoms with Crippen molar-refractivity contribution in [1.29, 1.82) is 0 Å². The third-order valence-corrected chi connectivity index (χ3v) is 5.78. The van der Waals surface area contributed by atoms with Crippen LogP contribution in [0, 0.1) is 5.92 Å². The van der Waals surface area contributed by atoms with E-state index >= 15 is 0 Å². The minimum absolute atomic E-state index is 0.301. The second-order valence-electron chi connectivity index (χ2n) is 7.21. The van der Waals surface area contributed by atoms with E-state index in [1.165, 1.54) is 39.6 Å². The molecule has 0 spiro atoms. The molecule has 0 aliphatic carbocycles. The van der Waals surface area contributed by atoms with Gasteiger partial charge in [-0.25, -0.2) is 4.79 Å². The second kappa shape index (κ2) is 6.77. The van der Waals surface area contributed by atoms with Gasteiger partial charge in [-0.2, -0.15) is 5.10 Å². The lowest BCUT2D eigenvalue weighted by Gasteiger charge is -2.45. The molecule has 0 amide bonds. The van der Waals surface area contributed by atoms with Crippen molar-refractivity contribution in [3.05, 3.63) is 29.5 Å². The predicted octanol–water partition coefficient (Wildman–Crippen LogP) is 1.59. The van der Waals surface area contributed by atoms with Gasteiger partial charge in [0.05, 0.1) is 23.9 Å². The Morgan fingerprint density at radius 1 is 1.36 bits per heavy atom. The Morgan fingerprint density at radius 2 is 2.16 bits per heavy atom. The Kier molecular flexibility index (Phi) is 4.48. The maximum Gasteiger partial charge on any atom is 0.338 e. The molecule has 0 saturated carbocycles.